The topological polar surface area (TPSA) is 66.8 Å². The monoisotopic (exact) mass is 354 g/mol. The molecule has 1 fully saturated rings. The maximum Gasteiger partial charge on any atom is 0.255 e. The van der Waals surface area contributed by atoms with E-state index < -0.39 is 10.0 Å². The lowest BCUT2D eigenvalue weighted by Crippen LogP contribution is -2.32. The number of para-hydroxylation sites is 1. The number of unbranched alkanes of at least 4 members (excludes halogenated alkanes) is 2. The molecule has 0 aromatic heterocycles. The molecule has 0 saturated carbocycles. The van der Waals surface area contributed by atoms with E-state index in [1.165, 1.54) is 16.7 Å². The van der Waals surface area contributed by atoms with Crippen molar-refractivity contribution in [2.75, 3.05) is 10.7 Å². The van der Waals surface area contributed by atoms with E-state index in [0.717, 1.165) is 12.8 Å². The third kappa shape index (κ3) is 4.57. The second-order valence-electron chi connectivity index (χ2n) is 5.39. The molecule has 0 radical (unpaired) electrons. The Kier molecular flexibility index (Phi) is 6.24. The van der Waals surface area contributed by atoms with Crippen molar-refractivity contribution in [3.8, 4) is 0 Å². The van der Waals surface area contributed by atoms with Gasteiger partial charge in [-0.2, -0.15) is 0 Å². The lowest BCUT2D eigenvalue weighted by Gasteiger charge is -2.16. The second kappa shape index (κ2) is 7.97. The van der Waals surface area contributed by atoms with E-state index in [-0.39, 0.29) is 22.1 Å². The fourth-order valence-corrected chi connectivity index (χ4v) is 4.72. The molecule has 1 amide bonds. The molecule has 1 saturated heterocycles. The molecular formula is C16H22N2O3S2. The SMILES string of the molecule is CCCCCS(=O)(=O)N=C1S[C@@H](CC)C(=O)N1c1ccccc1. The van der Waals surface area contributed by atoms with Gasteiger partial charge >= 0.3 is 0 Å². The van der Waals surface area contributed by atoms with E-state index in [1.807, 2.05) is 32.0 Å². The molecule has 0 N–H and O–H groups in total. The number of rotatable bonds is 7. The molecule has 1 atom stereocenters. The summed E-state index contributed by atoms with van der Waals surface area (Å²) >= 11 is 1.24. The minimum absolute atomic E-state index is 0.0263. The number of anilines is 1. The molecule has 0 unspecified atom stereocenters. The molecule has 1 heterocycles. The van der Waals surface area contributed by atoms with Crippen molar-refractivity contribution in [2.45, 2.75) is 44.8 Å². The number of sulfonamides is 1. The van der Waals surface area contributed by atoms with Gasteiger partial charge in [0.1, 0.15) is 0 Å². The van der Waals surface area contributed by atoms with Crippen molar-refractivity contribution in [2.24, 2.45) is 4.40 Å². The standard InChI is InChI=1S/C16H22N2O3S2/c1-3-5-9-12-23(20,21)17-16-18(13-10-7-6-8-11-13)15(19)14(4-2)22-16/h6-8,10-11,14H,3-5,9,12H2,1-2H3/t14-/m0/s1. The molecule has 7 heteroatoms. The third-order valence-corrected chi connectivity index (χ3v) is 6.22. The van der Waals surface area contributed by atoms with E-state index in [2.05, 4.69) is 4.40 Å². The van der Waals surface area contributed by atoms with E-state index in [9.17, 15) is 13.2 Å². The van der Waals surface area contributed by atoms with Gasteiger partial charge in [-0.3, -0.25) is 9.69 Å². The van der Waals surface area contributed by atoms with Crippen molar-refractivity contribution < 1.29 is 13.2 Å². The van der Waals surface area contributed by atoms with E-state index >= 15 is 0 Å². The predicted octanol–water partition coefficient (Wildman–Crippen LogP) is 3.42. The zero-order valence-electron chi connectivity index (χ0n) is 13.4. The Morgan fingerprint density at radius 1 is 1.17 bits per heavy atom. The van der Waals surface area contributed by atoms with Gasteiger partial charge in [-0.1, -0.05) is 56.7 Å². The van der Waals surface area contributed by atoms with Gasteiger partial charge in [0.25, 0.3) is 10.0 Å². The van der Waals surface area contributed by atoms with Crippen LogP contribution in [0.4, 0.5) is 5.69 Å². The largest absolute Gasteiger partial charge is 0.273 e. The number of hydrogen-bond acceptors (Lipinski definition) is 4. The van der Waals surface area contributed by atoms with Gasteiger partial charge in [0, 0.05) is 0 Å². The van der Waals surface area contributed by atoms with Crippen LogP contribution in [-0.2, 0) is 14.8 Å². The first-order chi connectivity index (χ1) is 11.0. The number of amides is 1. The fraction of sp³-hybridized carbons (Fsp3) is 0.500. The normalized spacial score (nSPS) is 20.4. The lowest BCUT2D eigenvalue weighted by molar-refractivity contribution is -0.116. The summed E-state index contributed by atoms with van der Waals surface area (Å²) in [6, 6.07) is 9.07. The molecule has 126 valence electrons. The molecule has 5 nitrogen and oxygen atoms in total. The highest BCUT2D eigenvalue weighted by molar-refractivity contribution is 8.16. The maximum absolute atomic E-state index is 12.5. The van der Waals surface area contributed by atoms with Gasteiger partial charge in [0.2, 0.25) is 5.91 Å². The van der Waals surface area contributed by atoms with Crippen LogP contribution in [0.1, 0.15) is 39.5 Å². The highest BCUT2D eigenvalue weighted by atomic mass is 32.2. The van der Waals surface area contributed by atoms with Gasteiger partial charge in [-0.15, -0.1) is 4.40 Å². The first kappa shape index (κ1) is 18.0. The van der Waals surface area contributed by atoms with Gasteiger partial charge in [0.15, 0.2) is 5.17 Å². The molecule has 1 aliphatic rings. The summed E-state index contributed by atoms with van der Waals surface area (Å²) in [5.41, 5.74) is 0.656. The average molecular weight is 354 g/mol. The highest BCUT2D eigenvalue weighted by Crippen LogP contribution is 2.33. The molecule has 23 heavy (non-hydrogen) atoms. The lowest BCUT2D eigenvalue weighted by atomic mass is 10.2. The predicted molar refractivity (Wildman–Crippen MR) is 96.3 cm³/mol. The van der Waals surface area contributed by atoms with Gasteiger partial charge in [-0.05, 0) is 25.0 Å². The summed E-state index contributed by atoms with van der Waals surface area (Å²) in [5, 5.41) is -0.00986. The van der Waals surface area contributed by atoms with Crippen molar-refractivity contribution in [1.29, 1.82) is 0 Å². The summed E-state index contributed by atoms with van der Waals surface area (Å²) in [6.45, 7) is 3.93. The molecule has 0 spiro atoms. The van der Waals surface area contributed by atoms with Crippen molar-refractivity contribution in [1.82, 2.24) is 0 Å². The Labute approximate surface area is 142 Å². The van der Waals surface area contributed by atoms with Crippen LogP contribution in [0.5, 0.6) is 0 Å². The van der Waals surface area contributed by atoms with E-state index in [1.54, 1.807) is 12.1 Å². The van der Waals surface area contributed by atoms with E-state index in [4.69, 9.17) is 0 Å². The van der Waals surface area contributed by atoms with Crippen LogP contribution in [0.2, 0.25) is 0 Å². The molecular weight excluding hydrogens is 332 g/mol. The zero-order chi connectivity index (χ0) is 16.9. The average Bonchev–Trinajstić information content (AvgIpc) is 2.83. The van der Waals surface area contributed by atoms with E-state index in [0.29, 0.717) is 18.5 Å². The Hall–Kier alpha value is -1.34. The number of carbonyl (C=O) groups is 1. The van der Waals surface area contributed by atoms with Crippen LogP contribution in [0.15, 0.2) is 34.7 Å². The van der Waals surface area contributed by atoms with Gasteiger partial charge < -0.3 is 0 Å². The molecule has 1 aromatic carbocycles. The number of nitrogens with zero attached hydrogens (tertiary/aromatic N) is 2. The minimum Gasteiger partial charge on any atom is -0.273 e. The summed E-state index contributed by atoms with van der Waals surface area (Å²) in [7, 11) is -3.56. The Morgan fingerprint density at radius 2 is 1.87 bits per heavy atom. The minimum atomic E-state index is -3.56. The van der Waals surface area contributed by atoms with Gasteiger partial charge in [-0.25, -0.2) is 8.42 Å². The third-order valence-electron chi connectivity index (χ3n) is 3.54. The first-order valence-corrected chi connectivity index (χ1v) is 10.4. The molecule has 1 aliphatic heterocycles. The zero-order valence-corrected chi connectivity index (χ0v) is 15.1. The number of carbonyl (C=O) groups excluding carboxylic acids is 1. The summed E-state index contributed by atoms with van der Waals surface area (Å²) in [6.07, 6.45) is 3.04. The fourth-order valence-electron chi connectivity index (χ4n) is 2.30. The van der Waals surface area contributed by atoms with Crippen LogP contribution in [-0.4, -0.2) is 30.5 Å². The molecule has 1 aromatic rings. The van der Waals surface area contributed by atoms with Crippen molar-refractivity contribution >= 4 is 38.5 Å². The number of benzene rings is 1. The van der Waals surface area contributed by atoms with Crippen LogP contribution in [0.3, 0.4) is 0 Å². The summed E-state index contributed by atoms with van der Waals surface area (Å²) in [5.74, 6) is -0.0791. The van der Waals surface area contributed by atoms with Crippen LogP contribution >= 0.6 is 11.8 Å². The molecule has 0 bridgehead atoms. The van der Waals surface area contributed by atoms with Crippen molar-refractivity contribution in [3.63, 3.8) is 0 Å². The first-order valence-electron chi connectivity index (χ1n) is 7.86. The summed E-state index contributed by atoms with van der Waals surface area (Å²) in [4.78, 5) is 13.9. The van der Waals surface area contributed by atoms with Crippen LogP contribution in [0, 0.1) is 0 Å². The van der Waals surface area contributed by atoms with Crippen LogP contribution < -0.4 is 4.90 Å². The number of thioether (sulfide) groups is 1. The number of hydrogen-bond donors (Lipinski definition) is 0. The number of amidine groups is 1. The Bertz CT molecular complexity index is 672. The highest BCUT2D eigenvalue weighted by Gasteiger charge is 2.38. The summed E-state index contributed by atoms with van der Waals surface area (Å²) < 4.78 is 28.3. The molecule has 0 aliphatic carbocycles. The Morgan fingerprint density at radius 3 is 2.48 bits per heavy atom. The Balaban J connectivity index is 2.30. The van der Waals surface area contributed by atoms with Crippen LogP contribution in [0.25, 0.3) is 0 Å². The quantitative estimate of drug-likeness (QED) is 0.704. The second-order valence-corrected chi connectivity index (χ2v) is 8.32. The van der Waals surface area contributed by atoms with Crippen molar-refractivity contribution in [3.05, 3.63) is 30.3 Å². The molecule has 2 rings (SSSR count). The smallest absolute Gasteiger partial charge is 0.255 e. The maximum atomic E-state index is 12.5. The van der Waals surface area contributed by atoms with Gasteiger partial charge in [0.05, 0.1) is 16.7 Å².